The SMILES string of the molecule is CC(C)(C)OC(=O)CC[C@H]1C[C@]2(ON1)OC1(CCCCC1)OC2=O. The van der Waals surface area contributed by atoms with Gasteiger partial charge in [0.15, 0.2) is 0 Å². The van der Waals surface area contributed by atoms with E-state index in [4.69, 9.17) is 19.0 Å². The van der Waals surface area contributed by atoms with Crippen LogP contribution in [0.5, 0.6) is 0 Å². The molecule has 2 heterocycles. The zero-order chi connectivity index (χ0) is 17.4. The number of hydroxylamine groups is 1. The highest BCUT2D eigenvalue weighted by Gasteiger charge is 2.62. The summed E-state index contributed by atoms with van der Waals surface area (Å²) in [4.78, 5) is 29.6. The van der Waals surface area contributed by atoms with Gasteiger partial charge >= 0.3 is 11.9 Å². The largest absolute Gasteiger partial charge is 0.460 e. The Morgan fingerprint density at radius 2 is 2.00 bits per heavy atom. The number of carbonyl (C=O) groups is 2. The van der Waals surface area contributed by atoms with Crippen molar-refractivity contribution < 1.29 is 28.6 Å². The molecular formula is C17H27NO6. The lowest BCUT2D eigenvalue weighted by Gasteiger charge is -2.31. The van der Waals surface area contributed by atoms with Gasteiger partial charge in [-0.05, 0) is 40.0 Å². The van der Waals surface area contributed by atoms with E-state index in [1.807, 2.05) is 20.8 Å². The molecule has 0 aromatic carbocycles. The minimum atomic E-state index is -1.37. The number of esters is 2. The highest BCUT2D eigenvalue weighted by atomic mass is 16.9. The zero-order valence-electron chi connectivity index (χ0n) is 14.7. The summed E-state index contributed by atoms with van der Waals surface area (Å²) in [6.07, 6.45) is 5.65. The van der Waals surface area contributed by atoms with E-state index < -0.39 is 23.1 Å². The van der Waals surface area contributed by atoms with E-state index in [0.717, 1.165) is 19.3 Å². The first-order chi connectivity index (χ1) is 11.2. The maximum absolute atomic E-state index is 12.3. The molecule has 3 rings (SSSR count). The number of nitrogens with one attached hydrogen (secondary N) is 1. The Labute approximate surface area is 142 Å². The van der Waals surface area contributed by atoms with Gasteiger partial charge in [-0.15, -0.1) is 0 Å². The van der Waals surface area contributed by atoms with E-state index in [9.17, 15) is 9.59 Å². The normalized spacial score (nSPS) is 32.3. The van der Waals surface area contributed by atoms with Crippen molar-refractivity contribution in [3.8, 4) is 0 Å². The van der Waals surface area contributed by atoms with Gasteiger partial charge in [0.2, 0.25) is 5.79 Å². The summed E-state index contributed by atoms with van der Waals surface area (Å²) in [6.45, 7) is 5.51. The molecule has 7 nitrogen and oxygen atoms in total. The highest BCUT2D eigenvalue weighted by Crippen LogP contribution is 2.46. The van der Waals surface area contributed by atoms with Gasteiger partial charge in [-0.25, -0.2) is 4.79 Å². The number of hydrogen-bond acceptors (Lipinski definition) is 7. The lowest BCUT2D eigenvalue weighted by atomic mass is 9.94. The minimum absolute atomic E-state index is 0.149. The molecular weight excluding hydrogens is 314 g/mol. The van der Waals surface area contributed by atoms with Gasteiger partial charge in [0.05, 0.1) is 0 Å². The van der Waals surface area contributed by atoms with Crippen LogP contribution in [0.1, 0.15) is 72.1 Å². The molecule has 0 aromatic heterocycles. The third-order valence-electron chi connectivity index (χ3n) is 4.58. The van der Waals surface area contributed by atoms with Crippen LogP contribution in [-0.4, -0.2) is 35.2 Å². The van der Waals surface area contributed by atoms with E-state index >= 15 is 0 Å². The summed E-state index contributed by atoms with van der Waals surface area (Å²) >= 11 is 0. The van der Waals surface area contributed by atoms with Crippen LogP contribution in [0.15, 0.2) is 0 Å². The Morgan fingerprint density at radius 3 is 2.67 bits per heavy atom. The molecule has 2 aliphatic heterocycles. The molecule has 2 atom stereocenters. The van der Waals surface area contributed by atoms with Crippen molar-refractivity contribution in [2.45, 2.75) is 95.4 Å². The van der Waals surface area contributed by atoms with Crippen LogP contribution in [0.4, 0.5) is 0 Å². The van der Waals surface area contributed by atoms with E-state index in [1.165, 1.54) is 0 Å². The summed E-state index contributed by atoms with van der Waals surface area (Å²) in [6, 6.07) is -0.149. The maximum Gasteiger partial charge on any atom is 0.371 e. The molecule has 24 heavy (non-hydrogen) atoms. The van der Waals surface area contributed by atoms with Crippen molar-refractivity contribution in [2.24, 2.45) is 0 Å². The van der Waals surface area contributed by atoms with Gasteiger partial charge < -0.3 is 9.47 Å². The van der Waals surface area contributed by atoms with Gasteiger partial charge in [0.25, 0.3) is 5.79 Å². The lowest BCUT2D eigenvalue weighted by Crippen LogP contribution is -2.39. The molecule has 2 spiro atoms. The summed E-state index contributed by atoms with van der Waals surface area (Å²) in [5.74, 6) is -2.91. The molecule has 0 aromatic rings. The standard InChI is InChI=1S/C17H27NO6/c1-15(2,3)21-13(19)8-7-12-11-17(24-18-12)14(20)22-16(23-17)9-5-4-6-10-16/h12,18H,4-11H2,1-3H3/t12-,17+/m0/s1. The fourth-order valence-corrected chi connectivity index (χ4v) is 3.52. The van der Waals surface area contributed by atoms with Gasteiger partial charge in [-0.1, -0.05) is 6.42 Å². The third-order valence-corrected chi connectivity index (χ3v) is 4.58. The third kappa shape index (κ3) is 3.73. The van der Waals surface area contributed by atoms with Crippen LogP contribution in [0.25, 0.3) is 0 Å². The quantitative estimate of drug-likeness (QED) is 0.789. The molecule has 0 unspecified atom stereocenters. The smallest absolute Gasteiger partial charge is 0.371 e. The molecule has 3 aliphatic rings. The maximum atomic E-state index is 12.3. The van der Waals surface area contributed by atoms with Gasteiger partial charge in [0.1, 0.15) is 5.60 Å². The number of carbonyl (C=O) groups excluding carboxylic acids is 2. The van der Waals surface area contributed by atoms with Crippen molar-refractivity contribution in [3.63, 3.8) is 0 Å². The van der Waals surface area contributed by atoms with Crippen molar-refractivity contribution in [3.05, 3.63) is 0 Å². The highest BCUT2D eigenvalue weighted by molar-refractivity contribution is 5.80. The molecule has 0 bridgehead atoms. The Kier molecular flexibility index (Phi) is 4.61. The van der Waals surface area contributed by atoms with E-state index in [-0.39, 0.29) is 18.4 Å². The van der Waals surface area contributed by atoms with Gasteiger partial charge in [-0.2, -0.15) is 5.48 Å². The molecule has 136 valence electrons. The molecule has 0 radical (unpaired) electrons. The Bertz CT molecular complexity index is 508. The van der Waals surface area contributed by atoms with E-state index in [1.54, 1.807) is 0 Å². The van der Waals surface area contributed by atoms with E-state index in [2.05, 4.69) is 5.48 Å². The number of ether oxygens (including phenoxy) is 3. The predicted octanol–water partition coefficient (Wildman–Crippen LogP) is 2.33. The number of hydrogen-bond donors (Lipinski definition) is 1. The topological polar surface area (TPSA) is 83.1 Å². The molecule has 2 saturated heterocycles. The van der Waals surface area contributed by atoms with Crippen LogP contribution in [0.2, 0.25) is 0 Å². The van der Waals surface area contributed by atoms with Crippen molar-refractivity contribution in [1.29, 1.82) is 0 Å². The first kappa shape index (κ1) is 17.6. The van der Waals surface area contributed by atoms with Crippen molar-refractivity contribution in [2.75, 3.05) is 0 Å². The Hall–Kier alpha value is -1.18. The Balaban J connectivity index is 1.53. The second-order valence-electron chi connectivity index (χ2n) is 7.96. The lowest BCUT2D eigenvalue weighted by molar-refractivity contribution is -0.270. The summed E-state index contributed by atoms with van der Waals surface area (Å²) < 4.78 is 16.8. The molecule has 1 saturated carbocycles. The summed E-state index contributed by atoms with van der Waals surface area (Å²) in [5, 5.41) is 0. The predicted molar refractivity (Wildman–Crippen MR) is 83.4 cm³/mol. The fraction of sp³-hybridized carbons (Fsp3) is 0.882. The minimum Gasteiger partial charge on any atom is -0.460 e. The van der Waals surface area contributed by atoms with Crippen LogP contribution in [0, 0.1) is 0 Å². The van der Waals surface area contributed by atoms with Crippen molar-refractivity contribution in [1.82, 2.24) is 5.48 Å². The molecule has 3 fully saturated rings. The first-order valence-electron chi connectivity index (χ1n) is 8.81. The van der Waals surface area contributed by atoms with Crippen LogP contribution in [0.3, 0.4) is 0 Å². The molecule has 1 aliphatic carbocycles. The van der Waals surface area contributed by atoms with Gasteiger partial charge in [0, 0.05) is 31.7 Å². The zero-order valence-corrected chi connectivity index (χ0v) is 14.7. The molecule has 1 N–H and O–H groups in total. The number of rotatable bonds is 3. The first-order valence-corrected chi connectivity index (χ1v) is 8.81. The monoisotopic (exact) mass is 341 g/mol. The molecule has 0 amide bonds. The second-order valence-corrected chi connectivity index (χ2v) is 7.96. The van der Waals surface area contributed by atoms with Gasteiger partial charge in [-0.3, -0.25) is 14.4 Å². The Morgan fingerprint density at radius 1 is 1.29 bits per heavy atom. The summed E-state index contributed by atoms with van der Waals surface area (Å²) in [5.41, 5.74) is 2.33. The van der Waals surface area contributed by atoms with Crippen molar-refractivity contribution >= 4 is 11.9 Å². The fourth-order valence-electron chi connectivity index (χ4n) is 3.52. The van der Waals surface area contributed by atoms with Crippen LogP contribution in [-0.2, 0) is 28.6 Å². The summed E-state index contributed by atoms with van der Waals surface area (Å²) in [7, 11) is 0. The average Bonchev–Trinajstić information content (AvgIpc) is 2.99. The van der Waals surface area contributed by atoms with E-state index in [0.29, 0.717) is 25.7 Å². The van der Waals surface area contributed by atoms with Crippen LogP contribution < -0.4 is 5.48 Å². The molecule has 7 heteroatoms. The second kappa shape index (κ2) is 6.28. The van der Waals surface area contributed by atoms with Crippen LogP contribution >= 0.6 is 0 Å². The average molecular weight is 341 g/mol.